The third-order valence-electron chi connectivity index (χ3n) is 5.95. The lowest BCUT2D eigenvalue weighted by molar-refractivity contribution is -0.0902. The van der Waals surface area contributed by atoms with Crippen molar-refractivity contribution in [2.45, 2.75) is 76.4 Å². The summed E-state index contributed by atoms with van der Waals surface area (Å²) >= 11 is 0. The molecule has 2 aliphatic rings. The molecule has 32 heavy (non-hydrogen) atoms. The molecule has 0 bridgehead atoms. The quantitative estimate of drug-likeness (QED) is 0.678. The number of halogens is 1. The molecule has 1 aliphatic carbocycles. The van der Waals surface area contributed by atoms with Crippen molar-refractivity contribution >= 4 is 26.7 Å². The fourth-order valence-electron chi connectivity index (χ4n) is 4.32. The van der Waals surface area contributed by atoms with Crippen molar-refractivity contribution in [3.05, 3.63) is 28.2 Å². The molecule has 1 aliphatic heterocycles. The number of ether oxygens (including phenoxy) is 2. The van der Waals surface area contributed by atoms with Gasteiger partial charge in [-0.2, -0.15) is 4.98 Å². The zero-order valence-electron chi connectivity index (χ0n) is 18.8. The van der Waals surface area contributed by atoms with Gasteiger partial charge in [0.2, 0.25) is 15.7 Å². The summed E-state index contributed by atoms with van der Waals surface area (Å²) in [7, 11) is -4.20. The summed E-state index contributed by atoms with van der Waals surface area (Å²) in [6.07, 6.45) is 3.74. The van der Waals surface area contributed by atoms with Gasteiger partial charge in [-0.3, -0.25) is 0 Å². The van der Waals surface area contributed by atoms with Gasteiger partial charge in [0.15, 0.2) is 0 Å². The Morgan fingerprint density at radius 1 is 1.34 bits per heavy atom. The molecular weight excluding hydrogens is 435 g/mol. The summed E-state index contributed by atoms with van der Waals surface area (Å²) in [4.78, 5) is 11.1. The molecule has 1 fully saturated rings. The van der Waals surface area contributed by atoms with Crippen molar-refractivity contribution in [1.29, 1.82) is 0 Å². The summed E-state index contributed by atoms with van der Waals surface area (Å²) in [5, 5.41) is 0. The van der Waals surface area contributed by atoms with Gasteiger partial charge in [0.25, 0.3) is 0 Å². The van der Waals surface area contributed by atoms with Crippen LogP contribution in [-0.4, -0.2) is 41.7 Å². The first-order valence-electron chi connectivity index (χ1n) is 10.8. The van der Waals surface area contributed by atoms with Crippen LogP contribution < -0.4 is 10.5 Å². The van der Waals surface area contributed by atoms with Gasteiger partial charge in [0, 0.05) is 12.8 Å². The highest BCUT2D eigenvalue weighted by Crippen LogP contribution is 2.40. The summed E-state index contributed by atoms with van der Waals surface area (Å²) in [6.45, 7) is 8.10. The molecule has 1 unspecified atom stereocenters. The molecule has 0 amide bonds. The molecule has 0 spiro atoms. The first kappa shape index (κ1) is 22.7. The Balaban J connectivity index is 1.79. The molecule has 2 aromatic heterocycles. The van der Waals surface area contributed by atoms with Crippen molar-refractivity contribution in [2.24, 2.45) is 0 Å². The lowest BCUT2D eigenvalue weighted by Crippen LogP contribution is -2.39. The van der Waals surface area contributed by atoms with Crippen molar-refractivity contribution in [3.8, 4) is 5.88 Å². The number of rotatable bonds is 5. The number of nitrogens with two attached hydrogens (primary N) is 1. The van der Waals surface area contributed by atoms with Crippen molar-refractivity contribution in [3.63, 3.8) is 0 Å². The second kappa shape index (κ2) is 8.15. The maximum absolute atomic E-state index is 14.7. The van der Waals surface area contributed by atoms with Crippen LogP contribution in [0.15, 0.2) is 27.3 Å². The summed E-state index contributed by atoms with van der Waals surface area (Å²) < 4.78 is 53.5. The van der Waals surface area contributed by atoms with E-state index in [0.29, 0.717) is 38.1 Å². The van der Waals surface area contributed by atoms with Crippen molar-refractivity contribution < 1.29 is 22.3 Å². The lowest BCUT2D eigenvalue weighted by Gasteiger charge is -2.35. The fourth-order valence-corrected chi connectivity index (χ4v) is 6.00. The number of nitrogen functional groups attached to an aromatic ring is 1. The van der Waals surface area contributed by atoms with Gasteiger partial charge < -0.3 is 20.2 Å². The molecule has 174 valence electrons. The Hall–Kier alpha value is -2.46. The van der Waals surface area contributed by atoms with Crippen LogP contribution in [0.3, 0.4) is 0 Å². The standard InChI is InChI=1S/C22H29FN4O4S/c1-5-13-6-7-16(15(23)10-13)32(28,29)19-17-18(27-20(19)24)21(26-12(2)25-17)31-14-8-9-30-22(3,4)11-14/h10,14,27H,5-9,11,24H2,1-4H3. The molecule has 4 rings (SSSR count). The summed E-state index contributed by atoms with van der Waals surface area (Å²) in [5.41, 5.74) is 7.05. The molecule has 10 heteroatoms. The zero-order chi connectivity index (χ0) is 23.3. The number of aromatic nitrogens is 3. The molecule has 2 aromatic rings. The monoisotopic (exact) mass is 464 g/mol. The molecule has 8 nitrogen and oxygen atoms in total. The molecule has 3 N–H and O–H groups in total. The molecular formula is C22H29FN4O4S. The number of nitrogens with one attached hydrogen (secondary N) is 1. The van der Waals surface area contributed by atoms with E-state index in [2.05, 4.69) is 15.0 Å². The Morgan fingerprint density at radius 3 is 2.75 bits per heavy atom. The number of hydrogen-bond donors (Lipinski definition) is 2. The Kier molecular flexibility index (Phi) is 5.79. The number of H-pyrrole nitrogens is 1. The van der Waals surface area contributed by atoms with Crippen LogP contribution in [0.25, 0.3) is 11.0 Å². The van der Waals surface area contributed by atoms with Crippen LogP contribution in [0.1, 0.15) is 58.7 Å². The van der Waals surface area contributed by atoms with Gasteiger partial charge in [-0.15, -0.1) is 0 Å². The van der Waals surface area contributed by atoms with Gasteiger partial charge in [-0.05, 0) is 46.1 Å². The van der Waals surface area contributed by atoms with Crippen LogP contribution in [0, 0.1) is 6.92 Å². The van der Waals surface area contributed by atoms with E-state index < -0.39 is 15.7 Å². The Morgan fingerprint density at radius 2 is 2.09 bits per heavy atom. The van der Waals surface area contributed by atoms with E-state index in [1.807, 2.05) is 20.8 Å². The Labute approximate surface area is 187 Å². The highest BCUT2D eigenvalue weighted by atomic mass is 32.2. The fraction of sp³-hybridized carbons (Fsp3) is 0.545. The highest BCUT2D eigenvalue weighted by molar-refractivity contribution is 7.95. The maximum Gasteiger partial charge on any atom is 0.242 e. The second-order valence-electron chi connectivity index (χ2n) is 8.94. The van der Waals surface area contributed by atoms with Crippen molar-refractivity contribution in [2.75, 3.05) is 12.3 Å². The third kappa shape index (κ3) is 4.13. The highest BCUT2D eigenvalue weighted by Gasteiger charge is 2.35. The number of anilines is 1. The van der Waals surface area contributed by atoms with E-state index in [0.717, 1.165) is 5.57 Å². The summed E-state index contributed by atoms with van der Waals surface area (Å²) in [6, 6.07) is 0. The van der Waals surface area contributed by atoms with Crippen molar-refractivity contribution in [1.82, 2.24) is 15.0 Å². The van der Waals surface area contributed by atoms with Gasteiger partial charge in [-0.25, -0.2) is 17.8 Å². The summed E-state index contributed by atoms with van der Waals surface area (Å²) in [5.74, 6) is -0.286. The average molecular weight is 465 g/mol. The number of aromatic amines is 1. The average Bonchev–Trinajstić information content (AvgIpc) is 3.03. The van der Waals surface area contributed by atoms with E-state index in [9.17, 15) is 12.8 Å². The van der Waals surface area contributed by atoms with Gasteiger partial charge >= 0.3 is 0 Å². The largest absolute Gasteiger partial charge is 0.473 e. The van der Waals surface area contributed by atoms with Crippen LogP contribution in [0.2, 0.25) is 0 Å². The number of hydrogen-bond acceptors (Lipinski definition) is 7. The Bertz CT molecular complexity index is 1230. The molecule has 1 atom stereocenters. The minimum Gasteiger partial charge on any atom is -0.473 e. The number of fused-ring (bicyclic) bond motifs is 1. The van der Waals surface area contributed by atoms with E-state index in [1.165, 1.54) is 6.08 Å². The number of sulfone groups is 1. The first-order valence-corrected chi connectivity index (χ1v) is 12.3. The van der Waals surface area contributed by atoms with Gasteiger partial charge in [-0.1, -0.05) is 12.5 Å². The van der Waals surface area contributed by atoms with E-state index in [-0.39, 0.29) is 50.7 Å². The smallest absolute Gasteiger partial charge is 0.242 e. The molecule has 0 saturated carbocycles. The number of aryl methyl sites for hydroxylation is 1. The van der Waals surface area contributed by atoms with Gasteiger partial charge in [0.05, 0.1) is 17.1 Å². The number of nitrogens with zero attached hydrogens (tertiary/aromatic N) is 2. The van der Waals surface area contributed by atoms with Gasteiger partial charge in [0.1, 0.15) is 39.5 Å². The topological polar surface area (TPSA) is 120 Å². The molecule has 0 aromatic carbocycles. The van der Waals surface area contributed by atoms with Crippen LogP contribution in [0.4, 0.5) is 10.2 Å². The molecule has 1 saturated heterocycles. The predicted octanol–water partition coefficient (Wildman–Crippen LogP) is 4.27. The second-order valence-corrected chi connectivity index (χ2v) is 10.8. The minimum absolute atomic E-state index is 0.0878. The van der Waals surface area contributed by atoms with E-state index in [4.69, 9.17) is 15.2 Å². The van der Waals surface area contributed by atoms with Crippen LogP contribution in [-0.2, 0) is 14.6 Å². The van der Waals surface area contributed by atoms with Crippen LogP contribution in [0.5, 0.6) is 5.88 Å². The molecule has 3 heterocycles. The van der Waals surface area contributed by atoms with E-state index >= 15 is 0 Å². The zero-order valence-corrected chi connectivity index (χ0v) is 19.6. The third-order valence-corrected chi connectivity index (χ3v) is 7.95. The normalized spacial score (nSPS) is 21.7. The maximum atomic E-state index is 14.7. The SMILES string of the molecule is CCC1=CC(F)=C(S(=O)(=O)c2c(N)[nH]c3c(OC4CCOC(C)(C)C4)nc(C)nc23)CC1. The van der Waals surface area contributed by atoms with Crippen LogP contribution >= 0.6 is 0 Å². The minimum atomic E-state index is -4.20. The molecule has 0 radical (unpaired) electrons. The lowest BCUT2D eigenvalue weighted by atomic mass is 9.96. The number of allylic oxidation sites excluding steroid dienone is 4. The predicted molar refractivity (Wildman–Crippen MR) is 120 cm³/mol. The van der Waals surface area contributed by atoms with E-state index in [1.54, 1.807) is 6.92 Å². The first-order chi connectivity index (χ1) is 15.0.